The number of nitrogens with zero attached hydrogens (tertiary/aromatic N) is 1. The fourth-order valence-electron chi connectivity index (χ4n) is 3.06. The second kappa shape index (κ2) is 6.13. The van der Waals surface area contributed by atoms with Crippen LogP contribution < -0.4 is 4.90 Å². The van der Waals surface area contributed by atoms with Crippen LogP contribution in [-0.4, -0.2) is 6.54 Å². The summed E-state index contributed by atoms with van der Waals surface area (Å²) in [7, 11) is 0. The first kappa shape index (κ1) is 13.2. The molecule has 0 saturated carbocycles. The Kier molecular flexibility index (Phi) is 4.05. The summed E-state index contributed by atoms with van der Waals surface area (Å²) in [4.78, 5) is 2.52. The molecule has 1 aromatic carbocycles. The molecule has 0 spiro atoms. The third-order valence-electron chi connectivity index (χ3n) is 4.15. The quantitative estimate of drug-likeness (QED) is 0.666. The Labute approximate surface area is 122 Å². The maximum absolute atomic E-state index is 2.52. The molecule has 1 aliphatic heterocycles. The second-order valence-electron chi connectivity index (χ2n) is 5.60. The first-order valence-corrected chi connectivity index (χ1v) is 7.84. The van der Waals surface area contributed by atoms with Gasteiger partial charge in [-0.2, -0.15) is 0 Å². The van der Waals surface area contributed by atoms with E-state index in [1.807, 2.05) is 0 Å². The molecule has 20 heavy (non-hydrogen) atoms. The van der Waals surface area contributed by atoms with Gasteiger partial charge in [-0.1, -0.05) is 56.2 Å². The highest BCUT2D eigenvalue weighted by molar-refractivity contribution is 5.75. The molecule has 2 aliphatic rings. The Morgan fingerprint density at radius 3 is 2.85 bits per heavy atom. The van der Waals surface area contributed by atoms with Gasteiger partial charge in [0.15, 0.2) is 0 Å². The minimum absolute atomic E-state index is 1.12. The third-order valence-corrected chi connectivity index (χ3v) is 4.15. The van der Waals surface area contributed by atoms with Gasteiger partial charge in [0.2, 0.25) is 0 Å². The van der Waals surface area contributed by atoms with E-state index in [1.54, 1.807) is 0 Å². The highest BCUT2D eigenvalue weighted by Crippen LogP contribution is 2.34. The van der Waals surface area contributed by atoms with Crippen molar-refractivity contribution < 1.29 is 0 Å². The predicted molar refractivity (Wildman–Crippen MR) is 87.7 cm³/mol. The zero-order valence-corrected chi connectivity index (χ0v) is 12.3. The number of fused-ring (bicyclic) bond motifs is 1. The van der Waals surface area contributed by atoms with Crippen molar-refractivity contribution in [2.45, 2.75) is 39.0 Å². The Bertz CT molecular complexity index is 563. The zero-order valence-electron chi connectivity index (χ0n) is 12.3. The van der Waals surface area contributed by atoms with E-state index in [0.717, 1.165) is 6.54 Å². The lowest BCUT2D eigenvalue weighted by molar-refractivity contribution is 0.705. The number of para-hydroxylation sites is 1. The van der Waals surface area contributed by atoms with Crippen LogP contribution in [0.3, 0.4) is 0 Å². The normalized spacial score (nSPS) is 16.9. The number of rotatable bonds is 4. The van der Waals surface area contributed by atoms with Crippen LogP contribution in [0.25, 0.3) is 6.08 Å². The molecule has 0 radical (unpaired) electrons. The van der Waals surface area contributed by atoms with E-state index in [4.69, 9.17) is 0 Å². The fraction of sp³-hybridized carbons (Fsp3) is 0.368. The SMILES string of the molecule is CCCCCN1C2=C(C=Cc3ccccc31)CCC=C2. The lowest BCUT2D eigenvalue weighted by Gasteiger charge is -2.29. The number of hydrogen-bond acceptors (Lipinski definition) is 1. The van der Waals surface area contributed by atoms with E-state index in [0.29, 0.717) is 0 Å². The van der Waals surface area contributed by atoms with Gasteiger partial charge in [-0.3, -0.25) is 0 Å². The topological polar surface area (TPSA) is 3.24 Å². The minimum Gasteiger partial charge on any atom is -0.341 e. The fourth-order valence-corrected chi connectivity index (χ4v) is 3.06. The molecule has 0 N–H and O–H groups in total. The average Bonchev–Trinajstić information content (AvgIpc) is 2.66. The number of benzene rings is 1. The minimum atomic E-state index is 1.12. The van der Waals surface area contributed by atoms with Gasteiger partial charge < -0.3 is 4.90 Å². The van der Waals surface area contributed by atoms with Crippen molar-refractivity contribution in [1.82, 2.24) is 0 Å². The number of anilines is 1. The molecule has 104 valence electrons. The lowest BCUT2D eigenvalue weighted by Crippen LogP contribution is -2.25. The first-order valence-electron chi connectivity index (χ1n) is 7.84. The van der Waals surface area contributed by atoms with Crippen LogP contribution in [0.4, 0.5) is 5.69 Å². The summed E-state index contributed by atoms with van der Waals surface area (Å²) in [5, 5.41) is 0. The molecule has 0 amide bonds. The van der Waals surface area contributed by atoms with E-state index in [9.17, 15) is 0 Å². The van der Waals surface area contributed by atoms with Crippen LogP contribution in [0, 0.1) is 0 Å². The Hall–Kier alpha value is -1.76. The van der Waals surface area contributed by atoms with E-state index in [-0.39, 0.29) is 0 Å². The molecule has 1 heteroatoms. The molecule has 0 saturated heterocycles. The van der Waals surface area contributed by atoms with Crippen molar-refractivity contribution in [2.24, 2.45) is 0 Å². The van der Waals surface area contributed by atoms with Crippen LogP contribution in [0.15, 0.2) is 53.8 Å². The summed E-state index contributed by atoms with van der Waals surface area (Å²) >= 11 is 0. The summed E-state index contributed by atoms with van der Waals surface area (Å²) < 4.78 is 0. The van der Waals surface area contributed by atoms with Crippen molar-refractivity contribution >= 4 is 11.8 Å². The standard InChI is InChI=1S/C19H23N/c1-2-3-8-15-20-18-11-6-4-9-16(18)13-14-17-10-5-7-12-19(17)20/h4,6-7,9,11-14H,2-3,5,8,10,15H2,1H3. The first-order chi connectivity index (χ1) is 9.90. The third kappa shape index (κ3) is 2.58. The van der Waals surface area contributed by atoms with Gasteiger partial charge in [0.25, 0.3) is 0 Å². The van der Waals surface area contributed by atoms with Crippen LogP contribution in [-0.2, 0) is 0 Å². The zero-order chi connectivity index (χ0) is 13.8. The maximum Gasteiger partial charge on any atom is 0.0484 e. The van der Waals surface area contributed by atoms with Crippen LogP contribution in [0.2, 0.25) is 0 Å². The molecule has 0 atom stereocenters. The number of allylic oxidation sites excluding steroid dienone is 4. The van der Waals surface area contributed by atoms with Gasteiger partial charge in [-0.15, -0.1) is 0 Å². The number of hydrogen-bond donors (Lipinski definition) is 0. The molecule has 3 rings (SSSR count). The maximum atomic E-state index is 2.52. The molecular formula is C19H23N. The van der Waals surface area contributed by atoms with Crippen molar-refractivity contribution in [3.05, 3.63) is 59.3 Å². The lowest BCUT2D eigenvalue weighted by atomic mass is 10.0. The average molecular weight is 265 g/mol. The summed E-state index contributed by atoms with van der Waals surface area (Å²) in [6, 6.07) is 8.76. The highest BCUT2D eigenvalue weighted by Gasteiger charge is 2.19. The van der Waals surface area contributed by atoms with E-state index >= 15 is 0 Å². The molecule has 1 aromatic rings. The van der Waals surface area contributed by atoms with Gasteiger partial charge in [0, 0.05) is 17.9 Å². The monoisotopic (exact) mass is 265 g/mol. The summed E-state index contributed by atoms with van der Waals surface area (Å²) in [6.45, 7) is 3.39. The van der Waals surface area contributed by atoms with Gasteiger partial charge >= 0.3 is 0 Å². The largest absolute Gasteiger partial charge is 0.341 e. The van der Waals surface area contributed by atoms with Crippen LogP contribution >= 0.6 is 0 Å². The van der Waals surface area contributed by atoms with E-state index < -0.39 is 0 Å². The van der Waals surface area contributed by atoms with Gasteiger partial charge in [-0.05, 0) is 42.5 Å². The highest BCUT2D eigenvalue weighted by atomic mass is 15.1. The smallest absolute Gasteiger partial charge is 0.0484 e. The van der Waals surface area contributed by atoms with Crippen LogP contribution in [0.1, 0.15) is 44.6 Å². The molecule has 0 aromatic heterocycles. The van der Waals surface area contributed by atoms with Gasteiger partial charge in [-0.25, -0.2) is 0 Å². The Morgan fingerprint density at radius 1 is 1.05 bits per heavy atom. The molecule has 0 bridgehead atoms. The van der Waals surface area contributed by atoms with Gasteiger partial charge in [0.1, 0.15) is 0 Å². The van der Waals surface area contributed by atoms with Crippen LogP contribution in [0.5, 0.6) is 0 Å². The van der Waals surface area contributed by atoms with Crippen molar-refractivity contribution in [2.75, 3.05) is 11.4 Å². The Balaban J connectivity index is 1.98. The number of unbranched alkanes of at least 4 members (excludes halogenated alkanes) is 2. The summed E-state index contributed by atoms with van der Waals surface area (Å²) in [6.07, 6.45) is 15.4. The molecule has 1 heterocycles. The molecule has 1 aliphatic carbocycles. The van der Waals surface area contributed by atoms with Crippen molar-refractivity contribution in [3.8, 4) is 0 Å². The van der Waals surface area contributed by atoms with E-state index in [2.05, 4.69) is 60.4 Å². The Morgan fingerprint density at radius 2 is 1.95 bits per heavy atom. The molecule has 1 nitrogen and oxygen atoms in total. The second-order valence-corrected chi connectivity index (χ2v) is 5.60. The van der Waals surface area contributed by atoms with E-state index in [1.165, 1.54) is 54.6 Å². The molecule has 0 fully saturated rings. The molecule has 0 unspecified atom stereocenters. The summed E-state index contributed by atoms with van der Waals surface area (Å²) in [5.74, 6) is 0. The van der Waals surface area contributed by atoms with Gasteiger partial charge in [0.05, 0.1) is 0 Å². The van der Waals surface area contributed by atoms with Crippen molar-refractivity contribution in [3.63, 3.8) is 0 Å². The summed E-state index contributed by atoms with van der Waals surface area (Å²) in [5.41, 5.74) is 5.59. The molecular weight excluding hydrogens is 242 g/mol. The predicted octanol–water partition coefficient (Wildman–Crippen LogP) is 5.31. The van der Waals surface area contributed by atoms with Crippen molar-refractivity contribution in [1.29, 1.82) is 0 Å².